The number of fused-ring (bicyclic) bond motifs is 2. The lowest BCUT2D eigenvalue weighted by Gasteiger charge is -2.32. The number of pyridine rings is 1. The van der Waals surface area contributed by atoms with Crippen LogP contribution in [-0.2, 0) is 32.1 Å². The first kappa shape index (κ1) is 42.9. The average molecular weight is 790 g/mol. The minimum Gasteiger partial charge on any atom is -0.497 e. The lowest BCUT2D eigenvalue weighted by Crippen LogP contribution is -2.28. The molecule has 0 bridgehead atoms. The molecule has 1 aliphatic carbocycles. The first-order chi connectivity index (χ1) is 27.6. The van der Waals surface area contributed by atoms with Crippen LogP contribution in [0.5, 0.6) is 11.5 Å². The Morgan fingerprint density at radius 3 is 2.09 bits per heavy atom. The van der Waals surface area contributed by atoms with Crippen LogP contribution in [0, 0.1) is 5.41 Å². The Morgan fingerprint density at radius 1 is 0.776 bits per heavy atom. The summed E-state index contributed by atoms with van der Waals surface area (Å²) in [6, 6.07) is 17.3. The van der Waals surface area contributed by atoms with E-state index in [1.165, 1.54) is 45.1 Å². The van der Waals surface area contributed by atoms with Crippen molar-refractivity contribution in [2.75, 3.05) is 59.6 Å². The largest absolute Gasteiger partial charge is 0.497 e. The number of hydrogen-bond donors (Lipinski definition) is 0. The van der Waals surface area contributed by atoms with Gasteiger partial charge in [-0.15, -0.1) is 0 Å². The maximum Gasteiger partial charge on any atom is 0.210 e. The third-order valence-electron chi connectivity index (χ3n) is 12.1. The summed E-state index contributed by atoms with van der Waals surface area (Å²) in [5, 5.41) is 0. The number of methoxy groups -OCH3 is 4. The quantitative estimate of drug-likeness (QED) is 0.106. The molecule has 8 heteroatoms. The predicted octanol–water partition coefficient (Wildman–Crippen LogP) is 9.99. The topological polar surface area (TPSA) is 56.3 Å². The van der Waals surface area contributed by atoms with Crippen LogP contribution >= 0.6 is 0 Å². The lowest BCUT2D eigenvalue weighted by molar-refractivity contribution is -0.671. The minimum atomic E-state index is -0.234. The molecule has 0 radical (unpaired) electrons. The summed E-state index contributed by atoms with van der Waals surface area (Å²) < 4.78 is 34.3. The Morgan fingerprint density at radius 2 is 1.43 bits per heavy atom. The van der Waals surface area contributed by atoms with Crippen molar-refractivity contribution in [3.63, 3.8) is 0 Å². The van der Waals surface area contributed by atoms with Gasteiger partial charge in [0.2, 0.25) is 5.69 Å². The van der Waals surface area contributed by atoms with Crippen LogP contribution in [0.1, 0.15) is 96.9 Å². The molecule has 1 unspecified atom stereocenters. The SMILES string of the molecule is COCCCN1/C(=C/C=C2\CCC(/C=C/C3=[N+](CCCOC)c4ccc(OC)cc4C3(C)C)=C2OC(c2cc[n+](C)cc2)C(C)(C)C)C(C)(C)c2cc(OC)ccc21. The van der Waals surface area contributed by atoms with Gasteiger partial charge in [-0.25, -0.2) is 4.57 Å². The van der Waals surface area contributed by atoms with Crippen LogP contribution in [0.25, 0.3) is 0 Å². The highest BCUT2D eigenvalue weighted by atomic mass is 16.5. The van der Waals surface area contributed by atoms with Gasteiger partial charge in [0, 0.05) is 91.4 Å². The standard InChI is InChI=1S/C50H67N3O5/c1-48(2,3)47(37-25-29-51(8)30-26-37)58-46-35(17-23-44-49(4,5)40-33-38(56-11)19-21-42(40)52(44)27-13-31-54-9)15-16-36(46)18-24-45-50(6,7)41-34-39(57-12)20-22-43(41)53(45)28-14-32-55-10/h17-26,29-30,33-34,47H,13-16,27-28,31-32H2,1-12H3/q+2. The predicted molar refractivity (Wildman–Crippen MR) is 235 cm³/mol. The van der Waals surface area contributed by atoms with Gasteiger partial charge in [0.05, 0.1) is 26.2 Å². The zero-order valence-corrected chi connectivity index (χ0v) is 37.2. The van der Waals surface area contributed by atoms with E-state index in [1.54, 1.807) is 28.4 Å². The Hall–Kier alpha value is -4.66. The minimum absolute atomic E-state index is 0.163. The average Bonchev–Trinajstić information content (AvgIpc) is 3.75. The summed E-state index contributed by atoms with van der Waals surface area (Å²) in [7, 11) is 9.08. The van der Waals surface area contributed by atoms with Gasteiger partial charge in [0.1, 0.15) is 30.4 Å². The molecule has 0 fully saturated rings. The fourth-order valence-corrected chi connectivity index (χ4v) is 8.86. The first-order valence-corrected chi connectivity index (χ1v) is 20.9. The molecule has 0 spiro atoms. The normalized spacial score (nSPS) is 19.1. The molecule has 310 valence electrons. The van der Waals surface area contributed by atoms with Gasteiger partial charge in [-0.3, -0.25) is 0 Å². The molecule has 2 aliphatic heterocycles. The highest BCUT2D eigenvalue weighted by molar-refractivity contribution is 6.03. The van der Waals surface area contributed by atoms with E-state index in [0.717, 1.165) is 61.6 Å². The number of aryl methyl sites for hydroxylation is 1. The van der Waals surface area contributed by atoms with Crippen molar-refractivity contribution < 1.29 is 32.8 Å². The number of anilines is 1. The molecule has 0 amide bonds. The Bertz CT molecular complexity index is 2110. The van der Waals surface area contributed by atoms with E-state index >= 15 is 0 Å². The number of allylic oxidation sites excluding steroid dienone is 7. The maximum atomic E-state index is 7.38. The van der Waals surface area contributed by atoms with E-state index in [1.807, 2.05) is 0 Å². The number of ether oxygens (including phenoxy) is 5. The van der Waals surface area contributed by atoms with Crippen LogP contribution in [0.2, 0.25) is 0 Å². The number of benzene rings is 2. The van der Waals surface area contributed by atoms with Crippen molar-refractivity contribution in [3.8, 4) is 11.5 Å². The number of nitrogens with zero attached hydrogens (tertiary/aromatic N) is 3. The van der Waals surface area contributed by atoms with Gasteiger partial charge in [-0.2, -0.15) is 4.58 Å². The molecule has 1 aromatic heterocycles. The summed E-state index contributed by atoms with van der Waals surface area (Å²) in [6.07, 6.45) is 17.0. The summed E-state index contributed by atoms with van der Waals surface area (Å²) >= 11 is 0. The lowest BCUT2D eigenvalue weighted by atomic mass is 9.81. The second-order valence-corrected chi connectivity index (χ2v) is 18.0. The van der Waals surface area contributed by atoms with Gasteiger partial charge in [0.15, 0.2) is 24.7 Å². The molecule has 0 N–H and O–H groups in total. The molecule has 3 aliphatic rings. The molecule has 1 atom stereocenters. The van der Waals surface area contributed by atoms with Crippen molar-refractivity contribution in [1.29, 1.82) is 0 Å². The van der Waals surface area contributed by atoms with Gasteiger partial charge in [0.25, 0.3) is 0 Å². The highest BCUT2D eigenvalue weighted by Gasteiger charge is 2.45. The third-order valence-corrected chi connectivity index (χ3v) is 12.1. The molecule has 58 heavy (non-hydrogen) atoms. The van der Waals surface area contributed by atoms with Gasteiger partial charge < -0.3 is 28.6 Å². The third kappa shape index (κ3) is 8.69. The maximum absolute atomic E-state index is 7.38. The fourth-order valence-electron chi connectivity index (χ4n) is 8.86. The Kier molecular flexibility index (Phi) is 13.1. The summed E-state index contributed by atoms with van der Waals surface area (Å²) in [5.41, 5.74) is 10.5. The summed E-state index contributed by atoms with van der Waals surface area (Å²) in [5.74, 6) is 2.72. The number of rotatable bonds is 16. The van der Waals surface area contributed by atoms with Crippen molar-refractivity contribution in [2.24, 2.45) is 12.5 Å². The number of aromatic nitrogens is 1. The molecular formula is C50H67N3O5+2. The van der Waals surface area contributed by atoms with E-state index in [2.05, 4.69) is 155 Å². The molecule has 0 saturated heterocycles. The van der Waals surface area contributed by atoms with Crippen molar-refractivity contribution in [2.45, 2.75) is 91.1 Å². The molecule has 2 aromatic carbocycles. The summed E-state index contributed by atoms with van der Waals surface area (Å²) in [4.78, 5) is 2.47. The van der Waals surface area contributed by atoms with Crippen LogP contribution in [-0.4, -0.2) is 65.0 Å². The van der Waals surface area contributed by atoms with Crippen LogP contribution in [0.4, 0.5) is 11.4 Å². The smallest absolute Gasteiger partial charge is 0.210 e. The van der Waals surface area contributed by atoms with Gasteiger partial charge in [-0.05, 0) is 92.3 Å². The molecule has 3 aromatic rings. The second kappa shape index (κ2) is 17.7. The van der Waals surface area contributed by atoms with E-state index in [9.17, 15) is 0 Å². The van der Waals surface area contributed by atoms with Crippen molar-refractivity contribution >= 4 is 17.1 Å². The Labute approximate surface area is 348 Å². The molecule has 3 heterocycles. The van der Waals surface area contributed by atoms with E-state index in [-0.39, 0.29) is 22.3 Å². The highest BCUT2D eigenvalue weighted by Crippen LogP contribution is 2.50. The zero-order chi connectivity index (χ0) is 41.8. The van der Waals surface area contributed by atoms with Crippen molar-refractivity contribution in [1.82, 2.24) is 0 Å². The van der Waals surface area contributed by atoms with Gasteiger partial charge in [-0.1, -0.05) is 40.7 Å². The Balaban J connectivity index is 1.48. The van der Waals surface area contributed by atoms with Gasteiger partial charge >= 0.3 is 0 Å². The van der Waals surface area contributed by atoms with E-state index in [4.69, 9.17) is 23.7 Å². The number of hydrogen-bond acceptors (Lipinski definition) is 6. The monoisotopic (exact) mass is 790 g/mol. The molecule has 8 nitrogen and oxygen atoms in total. The molecular weight excluding hydrogens is 723 g/mol. The van der Waals surface area contributed by atoms with Crippen molar-refractivity contribution in [3.05, 3.63) is 125 Å². The van der Waals surface area contributed by atoms with E-state index < -0.39 is 0 Å². The van der Waals surface area contributed by atoms with Crippen LogP contribution < -0.4 is 18.9 Å². The second-order valence-electron chi connectivity index (χ2n) is 18.0. The van der Waals surface area contributed by atoms with Crippen LogP contribution in [0.15, 0.2) is 108 Å². The zero-order valence-electron chi connectivity index (χ0n) is 37.2. The molecule has 0 saturated carbocycles. The first-order valence-electron chi connectivity index (χ1n) is 20.9. The van der Waals surface area contributed by atoms with E-state index in [0.29, 0.717) is 13.2 Å². The van der Waals surface area contributed by atoms with Crippen LogP contribution in [0.3, 0.4) is 0 Å². The fraction of sp³-hybridized carbons (Fsp3) is 0.480. The molecule has 6 rings (SSSR count). The summed E-state index contributed by atoms with van der Waals surface area (Å²) in [6.45, 7) is 19.2.